The lowest BCUT2D eigenvalue weighted by Gasteiger charge is -2.11. The van der Waals surface area contributed by atoms with E-state index in [2.05, 4.69) is 24.5 Å². The van der Waals surface area contributed by atoms with E-state index >= 15 is 0 Å². The molecule has 0 spiro atoms. The minimum absolute atomic E-state index is 0.0428. The Morgan fingerprint density at radius 3 is 2.12 bits per heavy atom. The van der Waals surface area contributed by atoms with Crippen molar-refractivity contribution in [2.45, 2.75) is 33.6 Å². The molecule has 0 atom stereocenters. The minimum Gasteiger partial charge on any atom is -0.484 e. The summed E-state index contributed by atoms with van der Waals surface area (Å²) in [5.41, 5.74) is 2.52. The average Bonchev–Trinajstić information content (AvgIpc) is 2.61. The van der Waals surface area contributed by atoms with Gasteiger partial charge in [-0.3, -0.25) is 9.59 Å². The third-order valence-electron chi connectivity index (χ3n) is 3.86. The molecule has 0 fully saturated rings. The summed E-state index contributed by atoms with van der Waals surface area (Å²) in [6.45, 7) is 7.83. The highest BCUT2D eigenvalue weighted by Crippen LogP contribution is 2.20. The van der Waals surface area contributed by atoms with Crippen molar-refractivity contribution in [3.63, 3.8) is 0 Å². The van der Waals surface area contributed by atoms with E-state index < -0.39 is 0 Å². The second-order valence-corrected chi connectivity index (χ2v) is 6.79. The van der Waals surface area contributed by atoms with E-state index in [4.69, 9.17) is 4.74 Å². The summed E-state index contributed by atoms with van der Waals surface area (Å²) in [4.78, 5) is 23.7. The quantitative estimate of drug-likeness (QED) is 0.773. The first-order valence-corrected chi connectivity index (χ1v) is 8.78. The van der Waals surface area contributed by atoms with Crippen LogP contribution >= 0.6 is 0 Å². The molecule has 0 aliphatic rings. The average molecular weight is 354 g/mol. The number of amides is 2. The fourth-order valence-electron chi connectivity index (χ4n) is 2.23. The summed E-state index contributed by atoms with van der Waals surface area (Å²) in [5, 5.41) is 5.58. The van der Waals surface area contributed by atoms with Gasteiger partial charge in [0, 0.05) is 17.3 Å². The Balaban J connectivity index is 1.86. The van der Waals surface area contributed by atoms with Gasteiger partial charge in [0.2, 0.25) is 5.91 Å². The molecule has 2 aromatic carbocycles. The van der Waals surface area contributed by atoms with E-state index in [1.54, 1.807) is 24.3 Å². The number of anilines is 2. The van der Waals surface area contributed by atoms with Crippen LogP contribution in [0.25, 0.3) is 0 Å². The minimum atomic E-state index is -0.237. The highest BCUT2D eigenvalue weighted by molar-refractivity contribution is 5.94. The molecule has 2 rings (SSSR count). The second kappa shape index (κ2) is 9.04. The van der Waals surface area contributed by atoms with Gasteiger partial charge in [0.25, 0.3) is 5.91 Å². The van der Waals surface area contributed by atoms with Gasteiger partial charge in [-0.05, 0) is 47.9 Å². The van der Waals surface area contributed by atoms with Gasteiger partial charge in [0.05, 0.1) is 0 Å². The molecular weight excluding hydrogens is 328 g/mol. The van der Waals surface area contributed by atoms with E-state index in [1.165, 1.54) is 5.56 Å². The number of carbonyl (C=O) groups is 2. The monoisotopic (exact) mass is 354 g/mol. The molecule has 2 aromatic rings. The van der Waals surface area contributed by atoms with Crippen LogP contribution in [-0.2, 0) is 9.59 Å². The lowest BCUT2D eigenvalue weighted by atomic mass is 10.0. The van der Waals surface area contributed by atoms with Gasteiger partial charge in [-0.1, -0.05) is 39.8 Å². The zero-order chi connectivity index (χ0) is 19.1. The number of rotatable bonds is 7. The van der Waals surface area contributed by atoms with Crippen molar-refractivity contribution in [3.8, 4) is 5.75 Å². The molecule has 0 saturated heterocycles. The van der Waals surface area contributed by atoms with Crippen molar-refractivity contribution in [2.75, 3.05) is 17.2 Å². The van der Waals surface area contributed by atoms with Crippen LogP contribution in [0.2, 0.25) is 0 Å². The second-order valence-electron chi connectivity index (χ2n) is 6.79. The van der Waals surface area contributed by atoms with Crippen LogP contribution in [0.15, 0.2) is 48.5 Å². The molecule has 0 unspecified atom stereocenters. The molecule has 0 radical (unpaired) electrons. The smallest absolute Gasteiger partial charge is 0.262 e. The van der Waals surface area contributed by atoms with Gasteiger partial charge in [-0.25, -0.2) is 0 Å². The van der Waals surface area contributed by atoms with E-state index in [1.807, 2.05) is 38.1 Å². The predicted octanol–water partition coefficient (Wildman–Crippen LogP) is 4.42. The largest absolute Gasteiger partial charge is 0.484 e. The molecular formula is C21H26N2O3. The summed E-state index contributed by atoms with van der Waals surface area (Å²) >= 11 is 0. The first-order chi connectivity index (χ1) is 12.3. The van der Waals surface area contributed by atoms with Crippen molar-refractivity contribution < 1.29 is 14.3 Å². The van der Waals surface area contributed by atoms with Crippen LogP contribution in [0.1, 0.15) is 39.2 Å². The first-order valence-electron chi connectivity index (χ1n) is 8.78. The Morgan fingerprint density at radius 2 is 1.54 bits per heavy atom. The number of hydrogen-bond donors (Lipinski definition) is 2. The molecule has 0 aliphatic carbocycles. The Labute approximate surface area is 154 Å². The van der Waals surface area contributed by atoms with E-state index in [0.29, 0.717) is 23.0 Å². The molecule has 0 saturated carbocycles. The number of ether oxygens (including phenoxy) is 1. The summed E-state index contributed by atoms with van der Waals surface area (Å²) in [5.74, 6) is 0.721. The van der Waals surface area contributed by atoms with Crippen LogP contribution < -0.4 is 15.4 Å². The normalized spacial score (nSPS) is 10.7. The Hall–Kier alpha value is -2.82. The fraction of sp³-hybridized carbons (Fsp3) is 0.333. The molecule has 2 amide bonds. The number of carbonyl (C=O) groups excluding carboxylic acids is 2. The highest BCUT2D eigenvalue weighted by atomic mass is 16.5. The molecule has 2 N–H and O–H groups in total. The molecule has 5 nitrogen and oxygen atoms in total. The van der Waals surface area contributed by atoms with Gasteiger partial charge in [-0.2, -0.15) is 0 Å². The van der Waals surface area contributed by atoms with Gasteiger partial charge >= 0.3 is 0 Å². The van der Waals surface area contributed by atoms with Crippen LogP contribution in [-0.4, -0.2) is 18.4 Å². The summed E-state index contributed by atoms with van der Waals surface area (Å²) in [7, 11) is 0. The number of hydrogen-bond acceptors (Lipinski definition) is 3. The van der Waals surface area contributed by atoms with Crippen LogP contribution in [0.3, 0.4) is 0 Å². The van der Waals surface area contributed by atoms with Crippen molar-refractivity contribution in [1.82, 2.24) is 0 Å². The molecule has 5 heteroatoms. The Morgan fingerprint density at radius 1 is 0.923 bits per heavy atom. The molecule has 138 valence electrons. The van der Waals surface area contributed by atoms with Crippen LogP contribution in [0, 0.1) is 5.92 Å². The molecule has 0 heterocycles. The van der Waals surface area contributed by atoms with Crippen molar-refractivity contribution in [2.24, 2.45) is 5.92 Å². The maximum Gasteiger partial charge on any atom is 0.262 e. The highest BCUT2D eigenvalue weighted by Gasteiger charge is 2.08. The summed E-state index contributed by atoms with van der Waals surface area (Å²) < 4.78 is 5.56. The lowest BCUT2D eigenvalue weighted by Crippen LogP contribution is -2.20. The van der Waals surface area contributed by atoms with E-state index in [9.17, 15) is 9.59 Å². The zero-order valence-corrected chi connectivity index (χ0v) is 15.7. The van der Waals surface area contributed by atoms with Gasteiger partial charge in [-0.15, -0.1) is 0 Å². The zero-order valence-electron chi connectivity index (χ0n) is 15.7. The fourth-order valence-corrected chi connectivity index (χ4v) is 2.23. The molecule has 0 aromatic heterocycles. The standard InChI is InChI=1S/C21H26N2O3/c1-14(2)16-6-5-7-19(12-16)26-13-20(24)22-17-8-10-18(11-9-17)23-21(25)15(3)4/h5-12,14-15H,13H2,1-4H3,(H,22,24)(H,23,25). The van der Waals surface area contributed by atoms with Crippen LogP contribution in [0.5, 0.6) is 5.75 Å². The predicted molar refractivity (Wildman–Crippen MR) is 105 cm³/mol. The Bertz CT molecular complexity index is 752. The Kier molecular flexibility index (Phi) is 6.78. The van der Waals surface area contributed by atoms with Crippen molar-refractivity contribution >= 4 is 23.2 Å². The van der Waals surface area contributed by atoms with Gasteiger partial charge < -0.3 is 15.4 Å². The third-order valence-corrected chi connectivity index (χ3v) is 3.86. The lowest BCUT2D eigenvalue weighted by molar-refractivity contribution is -0.119. The maximum absolute atomic E-state index is 12.1. The maximum atomic E-state index is 12.1. The SMILES string of the molecule is CC(C)C(=O)Nc1ccc(NC(=O)COc2cccc(C(C)C)c2)cc1. The summed E-state index contributed by atoms with van der Waals surface area (Å²) in [6, 6.07) is 14.7. The molecule has 0 bridgehead atoms. The summed E-state index contributed by atoms with van der Waals surface area (Å²) in [6.07, 6.45) is 0. The van der Waals surface area contributed by atoms with Gasteiger partial charge in [0.1, 0.15) is 5.75 Å². The number of benzene rings is 2. The topological polar surface area (TPSA) is 67.4 Å². The first kappa shape index (κ1) is 19.5. The molecule has 26 heavy (non-hydrogen) atoms. The van der Waals surface area contributed by atoms with Crippen molar-refractivity contribution in [3.05, 3.63) is 54.1 Å². The van der Waals surface area contributed by atoms with Gasteiger partial charge in [0.15, 0.2) is 6.61 Å². The third kappa shape index (κ3) is 5.92. The van der Waals surface area contributed by atoms with Crippen LogP contribution in [0.4, 0.5) is 11.4 Å². The van der Waals surface area contributed by atoms with Crippen molar-refractivity contribution in [1.29, 1.82) is 0 Å². The van der Waals surface area contributed by atoms with E-state index in [0.717, 1.165) is 0 Å². The number of nitrogens with one attached hydrogen (secondary N) is 2. The molecule has 0 aliphatic heterocycles. The van der Waals surface area contributed by atoms with E-state index in [-0.39, 0.29) is 24.3 Å².